The van der Waals surface area contributed by atoms with E-state index in [-0.39, 0.29) is 17.9 Å². The van der Waals surface area contributed by atoms with E-state index in [0.717, 1.165) is 13.0 Å². The summed E-state index contributed by atoms with van der Waals surface area (Å²) in [6, 6.07) is 10.3. The fourth-order valence-electron chi connectivity index (χ4n) is 2.23. The highest BCUT2D eigenvalue weighted by Crippen LogP contribution is 2.15. The van der Waals surface area contributed by atoms with E-state index >= 15 is 0 Å². The van der Waals surface area contributed by atoms with Gasteiger partial charge in [0.05, 0.1) is 12.7 Å². The van der Waals surface area contributed by atoms with Gasteiger partial charge in [-0.15, -0.1) is 0 Å². The Balaban J connectivity index is 1.72. The zero-order chi connectivity index (χ0) is 13.5. The van der Waals surface area contributed by atoms with Crippen LogP contribution in [0.25, 0.3) is 0 Å². The third-order valence-electron chi connectivity index (χ3n) is 3.21. The minimum absolute atomic E-state index is 0.0520. The molecule has 1 aliphatic rings. The Morgan fingerprint density at radius 2 is 2.21 bits per heavy atom. The predicted molar refractivity (Wildman–Crippen MR) is 76.0 cm³/mol. The van der Waals surface area contributed by atoms with Gasteiger partial charge < -0.3 is 10.1 Å². The lowest BCUT2D eigenvalue weighted by molar-refractivity contribution is -0.115. The van der Waals surface area contributed by atoms with Gasteiger partial charge in [0.2, 0.25) is 0 Å². The van der Waals surface area contributed by atoms with Crippen molar-refractivity contribution in [2.75, 3.05) is 6.54 Å². The number of allylic oxidation sites excluding steroid dienone is 1. The Kier molecular flexibility index (Phi) is 5.58. The van der Waals surface area contributed by atoms with E-state index in [1.165, 1.54) is 17.2 Å². The number of ketones is 1. The van der Waals surface area contributed by atoms with Gasteiger partial charge in [0.25, 0.3) is 0 Å². The number of hydrogen-bond acceptors (Lipinski definition) is 3. The number of ether oxygens (including phenoxy) is 1. The molecule has 1 aromatic rings. The maximum Gasteiger partial charge on any atom is 0.158 e. The smallest absolute Gasteiger partial charge is 0.158 e. The minimum Gasteiger partial charge on any atom is -0.372 e. The summed E-state index contributed by atoms with van der Waals surface area (Å²) < 4.78 is 5.84. The molecule has 1 aliphatic heterocycles. The summed E-state index contributed by atoms with van der Waals surface area (Å²) >= 11 is 5.38. The Labute approximate surface area is 118 Å². The minimum atomic E-state index is 0.0520. The Morgan fingerprint density at radius 3 is 2.95 bits per heavy atom. The first-order valence-electron chi connectivity index (χ1n) is 6.46. The Morgan fingerprint density at radius 1 is 1.42 bits per heavy atom. The van der Waals surface area contributed by atoms with Crippen LogP contribution in [-0.2, 0) is 16.1 Å². The van der Waals surface area contributed by atoms with Crippen LogP contribution in [0, 0.1) is 0 Å². The first-order chi connectivity index (χ1) is 9.28. The third kappa shape index (κ3) is 4.78. The molecule has 1 saturated heterocycles. The van der Waals surface area contributed by atoms with Gasteiger partial charge in [-0.1, -0.05) is 41.9 Å². The standard InChI is InChI=1S/C15H18ClNO2/c16-7-6-14(18)8-13-9-15(10-17-13)19-11-12-4-2-1-3-5-12/h1-7,13,15,17H,8-11H2/b7-6+/t13-,15-/m1/s1. The molecule has 1 aromatic carbocycles. The molecule has 0 unspecified atom stereocenters. The SMILES string of the molecule is O=C(/C=C/Cl)C[C@@H]1C[C@@H](OCc2ccccc2)CN1. The highest BCUT2D eigenvalue weighted by molar-refractivity contribution is 6.26. The quantitative estimate of drug-likeness (QED) is 0.814. The molecule has 0 spiro atoms. The van der Waals surface area contributed by atoms with Gasteiger partial charge in [-0.05, 0) is 18.1 Å². The number of halogens is 1. The first-order valence-corrected chi connectivity index (χ1v) is 6.90. The van der Waals surface area contributed by atoms with Gasteiger partial charge in [0.1, 0.15) is 0 Å². The summed E-state index contributed by atoms with van der Waals surface area (Å²) in [4.78, 5) is 11.4. The summed E-state index contributed by atoms with van der Waals surface area (Å²) in [5.74, 6) is 0.0520. The van der Waals surface area contributed by atoms with Crippen molar-refractivity contribution in [1.29, 1.82) is 0 Å². The number of benzene rings is 1. The predicted octanol–water partition coefficient (Wildman–Crippen LogP) is 2.65. The van der Waals surface area contributed by atoms with Crippen molar-refractivity contribution in [3.8, 4) is 0 Å². The summed E-state index contributed by atoms with van der Waals surface area (Å²) in [7, 11) is 0. The van der Waals surface area contributed by atoms with Crippen LogP contribution in [0.1, 0.15) is 18.4 Å². The van der Waals surface area contributed by atoms with Crippen molar-refractivity contribution in [3.63, 3.8) is 0 Å². The molecule has 0 saturated carbocycles. The summed E-state index contributed by atoms with van der Waals surface area (Å²) in [5, 5.41) is 3.31. The van der Waals surface area contributed by atoms with E-state index in [4.69, 9.17) is 16.3 Å². The first kappa shape index (κ1) is 14.3. The van der Waals surface area contributed by atoms with E-state index in [1.807, 2.05) is 18.2 Å². The number of nitrogens with one attached hydrogen (secondary N) is 1. The molecule has 2 atom stereocenters. The van der Waals surface area contributed by atoms with Crippen LogP contribution in [0.5, 0.6) is 0 Å². The van der Waals surface area contributed by atoms with Crippen LogP contribution in [0.4, 0.5) is 0 Å². The van der Waals surface area contributed by atoms with E-state index in [0.29, 0.717) is 13.0 Å². The largest absolute Gasteiger partial charge is 0.372 e. The van der Waals surface area contributed by atoms with E-state index < -0.39 is 0 Å². The monoisotopic (exact) mass is 279 g/mol. The van der Waals surface area contributed by atoms with Crippen molar-refractivity contribution >= 4 is 17.4 Å². The molecule has 102 valence electrons. The average Bonchev–Trinajstić information content (AvgIpc) is 2.85. The summed E-state index contributed by atoms with van der Waals surface area (Å²) in [6.45, 7) is 1.42. The van der Waals surface area contributed by atoms with Crippen molar-refractivity contribution < 1.29 is 9.53 Å². The highest BCUT2D eigenvalue weighted by atomic mass is 35.5. The topological polar surface area (TPSA) is 38.3 Å². The van der Waals surface area contributed by atoms with E-state index in [2.05, 4.69) is 17.4 Å². The van der Waals surface area contributed by atoms with E-state index in [1.54, 1.807) is 0 Å². The lowest BCUT2D eigenvalue weighted by atomic mass is 10.1. The summed E-state index contributed by atoms with van der Waals surface area (Å²) in [5.41, 5.74) is 2.44. The lowest BCUT2D eigenvalue weighted by Crippen LogP contribution is -2.24. The number of carbonyl (C=O) groups excluding carboxylic acids is 1. The highest BCUT2D eigenvalue weighted by Gasteiger charge is 2.25. The number of carbonyl (C=O) groups is 1. The van der Waals surface area contributed by atoms with Gasteiger partial charge in [-0.25, -0.2) is 0 Å². The molecule has 0 aliphatic carbocycles. The van der Waals surface area contributed by atoms with Gasteiger partial charge in [-0.3, -0.25) is 4.79 Å². The number of rotatable bonds is 6. The van der Waals surface area contributed by atoms with Gasteiger partial charge in [0, 0.05) is 24.5 Å². The molecular formula is C15H18ClNO2. The van der Waals surface area contributed by atoms with Crippen LogP contribution in [-0.4, -0.2) is 24.5 Å². The normalized spacial score (nSPS) is 23.0. The zero-order valence-electron chi connectivity index (χ0n) is 10.7. The molecule has 1 heterocycles. The second-order valence-electron chi connectivity index (χ2n) is 4.72. The van der Waals surface area contributed by atoms with Crippen LogP contribution < -0.4 is 5.32 Å². The second kappa shape index (κ2) is 7.43. The Hall–Kier alpha value is -1.16. The second-order valence-corrected chi connectivity index (χ2v) is 4.97. The van der Waals surface area contributed by atoms with Crippen molar-refractivity contribution in [2.45, 2.75) is 31.6 Å². The molecule has 0 bridgehead atoms. The van der Waals surface area contributed by atoms with Crippen molar-refractivity contribution in [2.24, 2.45) is 0 Å². The summed E-state index contributed by atoms with van der Waals surface area (Å²) in [6.07, 6.45) is 2.93. The van der Waals surface area contributed by atoms with Gasteiger partial charge >= 0.3 is 0 Å². The molecule has 0 aromatic heterocycles. The van der Waals surface area contributed by atoms with Gasteiger partial charge in [-0.2, -0.15) is 0 Å². The molecule has 4 heteroatoms. The third-order valence-corrected chi connectivity index (χ3v) is 3.33. The molecule has 3 nitrogen and oxygen atoms in total. The molecule has 0 radical (unpaired) electrons. The van der Waals surface area contributed by atoms with Gasteiger partial charge in [0.15, 0.2) is 5.78 Å². The van der Waals surface area contributed by atoms with Crippen LogP contribution in [0.15, 0.2) is 41.9 Å². The Bertz CT molecular complexity index is 433. The lowest BCUT2D eigenvalue weighted by Gasteiger charge is -2.11. The average molecular weight is 280 g/mol. The molecule has 1 N–H and O–H groups in total. The van der Waals surface area contributed by atoms with Crippen LogP contribution >= 0.6 is 11.6 Å². The maximum atomic E-state index is 11.4. The van der Waals surface area contributed by atoms with Crippen molar-refractivity contribution in [1.82, 2.24) is 5.32 Å². The fourth-order valence-corrected chi connectivity index (χ4v) is 2.37. The van der Waals surface area contributed by atoms with Crippen LogP contribution in [0.3, 0.4) is 0 Å². The maximum absolute atomic E-state index is 11.4. The van der Waals surface area contributed by atoms with Crippen molar-refractivity contribution in [3.05, 3.63) is 47.5 Å². The molecule has 2 rings (SSSR count). The molecule has 0 amide bonds. The zero-order valence-corrected chi connectivity index (χ0v) is 11.5. The number of hydrogen-bond donors (Lipinski definition) is 1. The molecule has 19 heavy (non-hydrogen) atoms. The molecular weight excluding hydrogens is 262 g/mol. The molecule has 1 fully saturated rings. The fraction of sp³-hybridized carbons (Fsp3) is 0.400. The van der Waals surface area contributed by atoms with E-state index in [9.17, 15) is 4.79 Å². The van der Waals surface area contributed by atoms with Crippen LogP contribution in [0.2, 0.25) is 0 Å².